The number of allylic oxidation sites excluding steroid dienone is 5. The molecule has 5 aliphatic rings. The molecule has 290 valence electrons. The van der Waals surface area contributed by atoms with E-state index < -0.39 is 0 Å². The van der Waals surface area contributed by atoms with Gasteiger partial charge < -0.3 is 4.74 Å². The van der Waals surface area contributed by atoms with Crippen molar-refractivity contribution in [3.05, 3.63) is 36.5 Å². The number of rotatable bonds is 21. The van der Waals surface area contributed by atoms with E-state index >= 15 is 0 Å². The molecule has 2 nitrogen and oxygen atoms in total. The molecule has 51 heavy (non-hydrogen) atoms. The second-order valence-corrected chi connectivity index (χ2v) is 19.6. The molecule has 5 fully saturated rings. The van der Waals surface area contributed by atoms with Crippen LogP contribution >= 0.6 is 0 Å². The minimum Gasteiger partial charge on any atom is -0.462 e. The fourth-order valence-corrected chi connectivity index (χ4v) is 13.9. The smallest absolute Gasteiger partial charge is 0.306 e. The zero-order chi connectivity index (χ0) is 36.7. The van der Waals surface area contributed by atoms with Gasteiger partial charge >= 0.3 is 5.97 Å². The molecule has 0 N–H and O–H groups in total. The minimum absolute atomic E-state index is 0.0771. The van der Waals surface area contributed by atoms with Gasteiger partial charge in [-0.2, -0.15) is 0 Å². The van der Waals surface area contributed by atoms with Crippen molar-refractivity contribution < 1.29 is 9.53 Å². The first-order valence-corrected chi connectivity index (χ1v) is 22.6. The summed E-state index contributed by atoms with van der Waals surface area (Å²) in [5, 5.41) is 0. The Hall–Kier alpha value is -1.31. The highest BCUT2D eigenvalue weighted by molar-refractivity contribution is 5.69. The Morgan fingerprint density at radius 2 is 1.51 bits per heavy atom. The standard InChI is InChI=1S/C49H82O2/c1-9-11-12-13-14-15-16-17-18-19-20-21-22-23-24-25-45(50)51-43-31-33-48-36-49(48)35-34-46(7)41(38(5)26-27-40(10-2)37(3)4)30-32-47(46,8)44(49)29-28-42(48)39(43)6/h14-15,17-18,38-44H,3,9-13,16,19-36H2,1-2,4-8H3/b15-14-,18-17-/t38-,39+,40-,41-,42+,43+,44+,46-,47+,48-,49+/m1/s1. The van der Waals surface area contributed by atoms with Gasteiger partial charge in [-0.05, 0) is 180 Å². The Morgan fingerprint density at radius 3 is 2.22 bits per heavy atom. The highest BCUT2D eigenvalue weighted by Gasteiger charge is 2.81. The third-order valence-electron chi connectivity index (χ3n) is 17.2. The van der Waals surface area contributed by atoms with E-state index in [-0.39, 0.29) is 12.1 Å². The molecule has 0 unspecified atom stereocenters. The number of hydrogen-bond donors (Lipinski definition) is 0. The Morgan fingerprint density at radius 1 is 0.804 bits per heavy atom. The van der Waals surface area contributed by atoms with Gasteiger partial charge in [0.15, 0.2) is 0 Å². The number of unbranched alkanes of at least 4 members (excludes halogenated alkanes) is 8. The van der Waals surface area contributed by atoms with Crippen LogP contribution in [0.2, 0.25) is 0 Å². The Kier molecular flexibility index (Phi) is 14.3. The molecule has 0 aromatic rings. The van der Waals surface area contributed by atoms with Crippen LogP contribution in [0, 0.1) is 57.2 Å². The van der Waals surface area contributed by atoms with Gasteiger partial charge in [-0.1, -0.05) is 110 Å². The van der Waals surface area contributed by atoms with Gasteiger partial charge in [-0.25, -0.2) is 0 Å². The topological polar surface area (TPSA) is 26.3 Å². The number of fused-ring (bicyclic) bond motifs is 2. The van der Waals surface area contributed by atoms with Gasteiger partial charge in [0.2, 0.25) is 0 Å². The summed E-state index contributed by atoms with van der Waals surface area (Å²) >= 11 is 0. The van der Waals surface area contributed by atoms with Gasteiger partial charge in [-0.3, -0.25) is 4.79 Å². The number of esters is 1. The fraction of sp³-hybridized carbons (Fsp3) is 0.857. The maximum Gasteiger partial charge on any atom is 0.306 e. The summed E-state index contributed by atoms with van der Waals surface area (Å²) in [5.41, 5.74) is 3.50. The van der Waals surface area contributed by atoms with Crippen LogP contribution in [0.25, 0.3) is 0 Å². The number of carbonyl (C=O) groups is 1. The first kappa shape index (κ1) is 40.9. The van der Waals surface area contributed by atoms with Gasteiger partial charge in [-0.15, -0.1) is 0 Å². The van der Waals surface area contributed by atoms with Crippen LogP contribution in [0.1, 0.15) is 203 Å². The summed E-state index contributed by atoms with van der Waals surface area (Å²) in [6, 6.07) is 0. The highest BCUT2D eigenvalue weighted by atomic mass is 16.5. The summed E-state index contributed by atoms with van der Waals surface area (Å²) in [6.07, 6.45) is 39.9. The molecule has 5 saturated carbocycles. The Bertz CT molecular complexity index is 1200. The normalized spacial score (nSPS) is 38.1. The van der Waals surface area contributed by atoms with Crippen LogP contribution in [-0.2, 0) is 9.53 Å². The lowest BCUT2D eigenvalue weighted by atomic mass is 9.43. The van der Waals surface area contributed by atoms with Crippen LogP contribution in [0.4, 0.5) is 0 Å². The minimum atomic E-state index is 0.0771. The van der Waals surface area contributed by atoms with Crippen LogP contribution in [0.3, 0.4) is 0 Å². The van der Waals surface area contributed by atoms with Crippen molar-refractivity contribution in [1.29, 1.82) is 0 Å². The van der Waals surface area contributed by atoms with Crippen LogP contribution in [0.5, 0.6) is 0 Å². The molecule has 11 atom stereocenters. The molecule has 2 heteroatoms. The molecule has 0 aromatic carbocycles. The van der Waals surface area contributed by atoms with Crippen molar-refractivity contribution in [1.82, 2.24) is 0 Å². The monoisotopic (exact) mass is 703 g/mol. The van der Waals surface area contributed by atoms with E-state index in [9.17, 15) is 4.79 Å². The van der Waals surface area contributed by atoms with E-state index in [0.29, 0.717) is 39.9 Å². The van der Waals surface area contributed by atoms with E-state index in [1.807, 2.05) is 0 Å². The average Bonchev–Trinajstić information content (AvgIpc) is 3.69. The van der Waals surface area contributed by atoms with Crippen LogP contribution in [0.15, 0.2) is 36.5 Å². The first-order chi connectivity index (χ1) is 24.5. The van der Waals surface area contributed by atoms with Crippen molar-refractivity contribution in [3.63, 3.8) is 0 Å². The molecule has 0 aromatic heterocycles. The summed E-state index contributed by atoms with van der Waals surface area (Å²) in [4.78, 5) is 13.0. The second-order valence-electron chi connectivity index (χ2n) is 19.6. The second kappa shape index (κ2) is 17.9. The van der Waals surface area contributed by atoms with Crippen molar-refractivity contribution in [2.45, 2.75) is 209 Å². The summed E-state index contributed by atoms with van der Waals surface area (Å²) in [7, 11) is 0. The lowest BCUT2D eigenvalue weighted by Gasteiger charge is -2.62. The third kappa shape index (κ3) is 8.36. The van der Waals surface area contributed by atoms with E-state index in [1.54, 1.807) is 0 Å². The quantitative estimate of drug-likeness (QED) is 0.0676. The van der Waals surface area contributed by atoms with Crippen molar-refractivity contribution >= 4 is 5.97 Å². The van der Waals surface area contributed by atoms with Crippen LogP contribution in [-0.4, -0.2) is 12.1 Å². The third-order valence-corrected chi connectivity index (χ3v) is 17.2. The van der Waals surface area contributed by atoms with E-state index in [1.165, 1.54) is 128 Å². The number of hydrogen-bond acceptors (Lipinski definition) is 2. The molecular formula is C49H82O2. The van der Waals surface area contributed by atoms with E-state index in [4.69, 9.17) is 4.74 Å². The Labute approximate surface area is 316 Å². The van der Waals surface area contributed by atoms with Gasteiger partial charge in [0, 0.05) is 6.42 Å². The molecule has 0 radical (unpaired) electrons. The SMILES string of the molecule is C=C(C)[C@H](CC)CC[C@@H](C)[C@H]1CC[C@@]2(C)[C@@H]3CC[C@H]4[C@H](C)[C@@H](OC(=O)CCCCCCC/C=C\C/C=C\CCCCC)CC[C@@]45C[C@@]35CC[C@]12C. The molecule has 0 bridgehead atoms. The molecular weight excluding hydrogens is 621 g/mol. The van der Waals surface area contributed by atoms with Crippen molar-refractivity contribution in [3.8, 4) is 0 Å². The van der Waals surface area contributed by atoms with Crippen molar-refractivity contribution in [2.75, 3.05) is 0 Å². The summed E-state index contributed by atoms with van der Waals surface area (Å²) < 4.78 is 6.32. The van der Waals surface area contributed by atoms with Gasteiger partial charge in [0.1, 0.15) is 6.10 Å². The fourth-order valence-electron chi connectivity index (χ4n) is 13.9. The Balaban J connectivity index is 1.03. The van der Waals surface area contributed by atoms with E-state index in [0.717, 1.165) is 49.4 Å². The molecule has 0 aliphatic heterocycles. The zero-order valence-electron chi connectivity index (χ0n) is 34.8. The predicted molar refractivity (Wildman–Crippen MR) is 218 cm³/mol. The molecule has 2 spiro atoms. The zero-order valence-corrected chi connectivity index (χ0v) is 34.8. The van der Waals surface area contributed by atoms with Gasteiger partial charge in [0.05, 0.1) is 0 Å². The van der Waals surface area contributed by atoms with E-state index in [2.05, 4.69) is 79.3 Å². The van der Waals surface area contributed by atoms with Crippen molar-refractivity contribution in [2.24, 2.45) is 57.2 Å². The molecule has 0 amide bonds. The summed E-state index contributed by atoms with van der Waals surface area (Å²) in [6.45, 7) is 21.8. The highest BCUT2D eigenvalue weighted by Crippen LogP contribution is 2.88. The summed E-state index contributed by atoms with van der Waals surface area (Å²) in [5.74, 6) is 4.65. The largest absolute Gasteiger partial charge is 0.462 e. The lowest BCUT2D eigenvalue weighted by molar-refractivity contribution is -0.167. The molecule has 0 heterocycles. The van der Waals surface area contributed by atoms with Crippen LogP contribution < -0.4 is 0 Å². The maximum atomic E-state index is 13.0. The number of ether oxygens (including phenoxy) is 1. The first-order valence-electron chi connectivity index (χ1n) is 22.6. The molecule has 5 rings (SSSR count). The average molecular weight is 703 g/mol. The molecule has 0 saturated heterocycles. The maximum absolute atomic E-state index is 13.0. The lowest BCUT2D eigenvalue weighted by Crippen LogP contribution is -2.56. The number of carbonyl (C=O) groups excluding carboxylic acids is 1. The van der Waals surface area contributed by atoms with Gasteiger partial charge in [0.25, 0.3) is 0 Å². The predicted octanol–water partition coefficient (Wildman–Crippen LogP) is 14.8. The molecule has 5 aliphatic carbocycles.